The first-order chi connectivity index (χ1) is 6.53. The Balaban J connectivity index is 2.44. The van der Waals surface area contributed by atoms with Crippen LogP contribution in [0.2, 0.25) is 0 Å². The molecule has 0 radical (unpaired) electrons. The van der Waals surface area contributed by atoms with E-state index in [4.69, 9.17) is 10.2 Å². The van der Waals surface area contributed by atoms with Gasteiger partial charge in [-0.05, 0) is 13.8 Å². The Morgan fingerprint density at radius 3 is 2.93 bits per heavy atom. The molecule has 0 atom stereocenters. The minimum atomic E-state index is -0.374. The molecule has 3 N–H and O–H groups in total. The summed E-state index contributed by atoms with van der Waals surface area (Å²) in [6, 6.07) is 0. The number of carbonyl (C=O) groups excluding carboxylic acids is 1. The van der Waals surface area contributed by atoms with Gasteiger partial charge >= 0.3 is 0 Å². The van der Waals surface area contributed by atoms with Crippen LogP contribution in [-0.4, -0.2) is 23.0 Å². The van der Waals surface area contributed by atoms with Crippen LogP contribution < -0.4 is 11.1 Å². The second-order valence-corrected chi connectivity index (χ2v) is 3.79. The minimum absolute atomic E-state index is 0.102. The lowest BCUT2D eigenvalue weighted by molar-refractivity contribution is -0.121. The van der Waals surface area contributed by atoms with E-state index in [2.05, 4.69) is 10.3 Å². The number of nitrogens with one attached hydrogen (secondary N) is 1. The average molecular weight is 197 g/mol. The molecule has 1 rings (SSSR count). The molecule has 5 nitrogen and oxygen atoms in total. The first-order valence-corrected chi connectivity index (χ1v) is 4.41. The quantitative estimate of drug-likeness (QED) is 0.715. The number of carbonyl (C=O) groups is 1. The third-order valence-electron chi connectivity index (χ3n) is 1.81. The SMILES string of the molecule is CC(C)(CN)NC(=O)Cc1cocn1. The van der Waals surface area contributed by atoms with Gasteiger partial charge in [0.15, 0.2) is 6.39 Å². The van der Waals surface area contributed by atoms with Crippen molar-refractivity contribution in [3.63, 3.8) is 0 Å². The van der Waals surface area contributed by atoms with Gasteiger partial charge in [0.25, 0.3) is 0 Å². The average Bonchev–Trinajstić information content (AvgIpc) is 2.55. The summed E-state index contributed by atoms with van der Waals surface area (Å²) >= 11 is 0. The number of hydrogen-bond acceptors (Lipinski definition) is 4. The van der Waals surface area contributed by atoms with Crippen molar-refractivity contribution < 1.29 is 9.21 Å². The molecule has 0 aromatic carbocycles. The number of hydrogen-bond donors (Lipinski definition) is 2. The molecular weight excluding hydrogens is 182 g/mol. The Hall–Kier alpha value is -1.36. The maximum Gasteiger partial charge on any atom is 0.226 e. The molecule has 0 aliphatic rings. The highest BCUT2D eigenvalue weighted by molar-refractivity contribution is 5.78. The van der Waals surface area contributed by atoms with Crippen LogP contribution in [-0.2, 0) is 11.2 Å². The van der Waals surface area contributed by atoms with Gasteiger partial charge in [-0.1, -0.05) is 0 Å². The van der Waals surface area contributed by atoms with Gasteiger partial charge in [-0.3, -0.25) is 4.79 Å². The standard InChI is InChI=1S/C9H15N3O2/c1-9(2,5-10)12-8(13)3-7-4-14-6-11-7/h4,6H,3,5,10H2,1-2H3,(H,12,13). The molecule has 0 unspecified atom stereocenters. The van der Waals surface area contributed by atoms with Crippen molar-refractivity contribution in [3.8, 4) is 0 Å². The summed E-state index contributed by atoms with van der Waals surface area (Å²) < 4.78 is 4.76. The maximum absolute atomic E-state index is 11.4. The van der Waals surface area contributed by atoms with Crippen molar-refractivity contribution in [2.75, 3.05) is 6.54 Å². The molecule has 1 amide bonds. The van der Waals surface area contributed by atoms with Gasteiger partial charge in [-0.2, -0.15) is 0 Å². The van der Waals surface area contributed by atoms with Gasteiger partial charge in [-0.15, -0.1) is 0 Å². The van der Waals surface area contributed by atoms with Crippen molar-refractivity contribution in [3.05, 3.63) is 18.4 Å². The summed E-state index contributed by atoms with van der Waals surface area (Å²) in [4.78, 5) is 15.3. The zero-order valence-electron chi connectivity index (χ0n) is 8.41. The number of rotatable bonds is 4. The van der Waals surface area contributed by atoms with E-state index < -0.39 is 0 Å². The van der Waals surface area contributed by atoms with Crippen LogP contribution >= 0.6 is 0 Å². The fraction of sp³-hybridized carbons (Fsp3) is 0.556. The third kappa shape index (κ3) is 3.18. The Morgan fingerprint density at radius 1 is 1.71 bits per heavy atom. The van der Waals surface area contributed by atoms with E-state index in [0.717, 1.165) is 0 Å². The van der Waals surface area contributed by atoms with Crippen LogP contribution in [0.1, 0.15) is 19.5 Å². The van der Waals surface area contributed by atoms with Crippen LogP contribution in [0.15, 0.2) is 17.1 Å². The van der Waals surface area contributed by atoms with Crippen LogP contribution in [0.25, 0.3) is 0 Å². The predicted molar refractivity (Wildman–Crippen MR) is 51.5 cm³/mol. The highest BCUT2D eigenvalue weighted by Gasteiger charge is 2.18. The van der Waals surface area contributed by atoms with Crippen molar-refractivity contribution in [1.82, 2.24) is 10.3 Å². The fourth-order valence-electron chi connectivity index (χ4n) is 0.962. The van der Waals surface area contributed by atoms with Crippen molar-refractivity contribution in [2.24, 2.45) is 5.73 Å². The van der Waals surface area contributed by atoms with Gasteiger partial charge in [0.2, 0.25) is 5.91 Å². The van der Waals surface area contributed by atoms with Gasteiger partial charge in [-0.25, -0.2) is 4.98 Å². The second-order valence-electron chi connectivity index (χ2n) is 3.79. The predicted octanol–water partition coefficient (Wildman–Crippen LogP) is 0.0706. The van der Waals surface area contributed by atoms with E-state index in [-0.39, 0.29) is 17.9 Å². The molecule has 1 aromatic rings. The molecule has 0 bridgehead atoms. The third-order valence-corrected chi connectivity index (χ3v) is 1.81. The summed E-state index contributed by atoms with van der Waals surface area (Å²) in [6.07, 6.45) is 2.98. The van der Waals surface area contributed by atoms with Crippen LogP contribution in [0.4, 0.5) is 0 Å². The Labute approximate surface area is 82.7 Å². The summed E-state index contributed by atoms with van der Waals surface area (Å²) in [5, 5.41) is 2.80. The Morgan fingerprint density at radius 2 is 2.43 bits per heavy atom. The molecule has 5 heteroatoms. The number of nitrogens with two attached hydrogens (primary N) is 1. The number of nitrogens with zero attached hydrogens (tertiary/aromatic N) is 1. The monoisotopic (exact) mass is 197 g/mol. The zero-order chi connectivity index (χ0) is 10.6. The summed E-state index contributed by atoms with van der Waals surface area (Å²) in [5.74, 6) is -0.102. The van der Waals surface area contributed by atoms with E-state index in [1.807, 2.05) is 13.8 Å². The highest BCUT2D eigenvalue weighted by atomic mass is 16.3. The highest BCUT2D eigenvalue weighted by Crippen LogP contribution is 2.01. The second kappa shape index (κ2) is 4.23. The van der Waals surface area contributed by atoms with E-state index in [9.17, 15) is 4.79 Å². The Bertz CT molecular complexity index is 293. The van der Waals surface area contributed by atoms with Crippen LogP contribution in [0.5, 0.6) is 0 Å². The molecule has 78 valence electrons. The molecule has 0 fully saturated rings. The van der Waals surface area contributed by atoms with Gasteiger partial charge in [0.05, 0.1) is 12.1 Å². The first kappa shape index (κ1) is 10.7. The number of amides is 1. The molecular formula is C9H15N3O2. The summed E-state index contributed by atoms with van der Waals surface area (Å²) in [5.41, 5.74) is 5.73. The molecule has 0 saturated carbocycles. The van der Waals surface area contributed by atoms with Gasteiger partial charge in [0, 0.05) is 12.1 Å². The smallest absolute Gasteiger partial charge is 0.226 e. The molecule has 0 aliphatic heterocycles. The molecule has 0 saturated heterocycles. The van der Waals surface area contributed by atoms with E-state index in [1.165, 1.54) is 12.7 Å². The van der Waals surface area contributed by atoms with Crippen LogP contribution in [0.3, 0.4) is 0 Å². The summed E-state index contributed by atoms with van der Waals surface area (Å²) in [6.45, 7) is 4.14. The van der Waals surface area contributed by atoms with Crippen molar-refractivity contribution in [1.29, 1.82) is 0 Å². The lowest BCUT2D eigenvalue weighted by Gasteiger charge is -2.23. The minimum Gasteiger partial charge on any atom is -0.451 e. The maximum atomic E-state index is 11.4. The Kier molecular flexibility index (Phi) is 3.24. The van der Waals surface area contributed by atoms with Crippen molar-refractivity contribution >= 4 is 5.91 Å². The largest absolute Gasteiger partial charge is 0.451 e. The van der Waals surface area contributed by atoms with E-state index >= 15 is 0 Å². The van der Waals surface area contributed by atoms with Crippen LogP contribution in [0, 0.1) is 0 Å². The molecule has 14 heavy (non-hydrogen) atoms. The zero-order valence-corrected chi connectivity index (χ0v) is 8.41. The molecule has 1 heterocycles. The molecule has 0 spiro atoms. The van der Waals surface area contributed by atoms with Crippen molar-refractivity contribution in [2.45, 2.75) is 25.8 Å². The first-order valence-electron chi connectivity index (χ1n) is 4.41. The van der Waals surface area contributed by atoms with Gasteiger partial charge in [0.1, 0.15) is 6.26 Å². The number of aromatic nitrogens is 1. The van der Waals surface area contributed by atoms with E-state index in [0.29, 0.717) is 12.2 Å². The normalized spacial score (nSPS) is 11.4. The lowest BCUT2D eigenvalue weighted by atomic mass is 10.1. The fourth-order valence-corrected chi connectivity index (χ4v) is 0.962. The molecule has 0 aliphatic carbocycles. The molecule has 1 aromatic heterocycles. The van der Waals surface area contributed by atoms with E-state index in [1.54, 1.807) is 0 Å². The van der Waals surface area contributed by atoms with Gasteiger partial charge < -0.3 is 15.5 Å². The lowest BCUT2D eigenvalue weighted by Crippen LogP contribution is -2.49. The number of oxazole rings is 1. The summed E-state index contributed by atoms with van der Waals surface area (Å²) in [7, 11) is 0. The topological polar surface area (TPSA) is 81.1 Å².